The number of amides is 1. The van der Waals surface area contributed by atoms with Crippen LogP contribution in [0, 0.1) is 6.92 Å². The first-order valence-electron chi connectivity index (χ1n) is 8.67. The maximum Gasteiger partial charge on any atom is 0.420 e. The fraction of sp³-hybridized carbons (Fsp3) is 0.444. The average Bonchev–Trinajstić information content (AvgIpc) is 3.04. The molecule has 0 unspecified atom stereocenters. The molecule has 1 saturated carbocycles. The minimum Gasteiger partial charge on any atom is -0.408 e. The van der Waals surface area contributed by atoms with Gasteiger partial charge in [-0.2, -0.15) is 0 Å². The van der Waals surface area contributed by atoms with Crippen LogP contribution in [0.15, 0.2) is 27.4 Å². The van der Waals surface area contributed by atoms with Gasteiger partial charge in [0.25, 0.3) is 0 Å². The lowest BCUT2D eigenvalue weighted by Gasteiger charge is -2.34. The Bertz CT molecular complexity index is 1040. The Balaban J connectivity index is 1.57. The smallest absolute Gasteiger partial charge is 0.408 e. The van der Waals surface area contributed by atoms with E-state index in [0.29, 0.717) is 18.0 Å². The van der Waals surface area contributed by atoms with Gasteiger partial charge < -0.3 is 14.3 Å². The van der Waals surface area contributed by atoms with Crippen LogP contribution in [0.25, 0.3) is 11.1 Å². The van der Waals surface area contributed by atoms with Crippen LogP contribution in [0.1, 0.15) is 42.9 Å². The topological polar surface area (TPSA) is 94.9 Å². The summed E-state index contributed by atoms with van der Waals surface area (Å²) < 4.78 is 8.83. The number of aromatic nitrogens is 4. The van der Waals surface area contributed by atoms with Crippen molar-refractivity contribution in [1.82, 2.24) is 24.6 Å². The first-order valence-corrected chi connectivity index (χ1v) is 8.67. The van der Waals surface area contributed by atoms with Gasteiger partial charge in [0.15, 0.2) is 11.4 Å². The molecule has 1 aliphatic carbocycles. The number of rotatable bonds is 4. The van der Waals surface area contributed by atoms with Gasteiger partial charge in [0, 0.05) is 25.9 Å². The van der Waals surface area contributed by atoms with E-state index in [2.05, 4.69) is 15.5 Å². The Morgan fingerprint density at radius 2 is 2.12 bits per heavy atom. The minimum absolute atomic E-state index is 0.00592. The molecule has 1 aromatic carbocycles. The predicted molar refractivity (Wildman–Crippen MR) is 94.9 cm³/mol. The van der Waals surface area contributed by atoms with E-state index < -0.39 is 5.76 Å². The highest BCUT2D eigenvalue weighted by Gasteiger charge is 2.34. The summed E-state index contributed by atoms with van der Waals surface area (Å²) in [6.45, 7) is 3.81. The molecule has 1 aliphatic rings. The predicted octanol–water partition coefficient (Wildman–Crippen LogP) is 1.46. The molecule has 8 nitrogen and oxygen atoms in total. The van der Waals surface area contributed by atoms with Gasteiger partial charge in [0.1, 0.15) is 5.82 Å². The normalized spacial score (nSPS) is 19.5. The number of aryl methyl sites for hydroxylation is 1. The van der Waals surface area contributed by atoms with Crippen LogP contribution < -0.4 is 11.1 Å². The average molecular weight is 355 g/mol. The summed E-state index contributed by atoms with van der Waals surface area (Å²) in [6, 6.07) is 5.86. The number of carbonyl (C=O) groups excluding carboxylic acids is 1. The second kappa shape index (κ2) is 6.12. The molecule has 0 bridgehead atoms. The highest BCUT2D eigenvalue weighted by molar-refractivity contribution is 5.74. The van der Waals surface area contributed by atoms with Crippen molar-refractivity contribution < 1.29 is 9.21 Å². The Labute approximate surface area is 149 Å². The van der Waals surface area contributed by atoms with E-state index >= 15 is 0 Å². The zero-order valence-corrected chi connectivity index (χ0v) is 15.0. The molecule has 0 saturated heterocycles. The van der Waals surface area contributed by atoms with Crippen molar-refractivity contribution in [2.75, 3.05) is 0 Å². The third-order valence-electron chi connectivity index (χ3n) is 5.03. The summed E-state index contributed by atoms with van der Waals surface area (Å²) in [4.78, 5) is 23.3. The Morgan fingerprint density at radius 3 is 2.85 bits per heavy atom. The molecule has 0 radical (unpaired) electrons. The highest BCUT2D eigenvalue weighted by Crippen LogP contribution is 2.35. The van der Waals surface area contributed by atoms with Crippen molar-refractivity contribution in [2.45, 2.75) is 45.2 Å². The van der Waals surface area contributed by atoms with Crippen molar-refractivity contribution in [1.29, 1.82) is 0 Å². The number of oxazole rings is 1. The fourth-order valence-electron chi connectivity index (χ4n) is 3.57. The second-order valence-corrected chi connectivity index (χ2v) is 7.02. The summed E-state index contributed by atoms with van der Waals surface area (Å²) in [7, 11) is 1.91. The van der Waals surface area contributed by atoms with Gasteiger partial charge in [0.2, 0.25) is 5.91 Å². The Hall–Kier alpha value is -2.90. The summed E-state index contributed by atoms with van der Waals surface area (Å²) >= 11 is 0. The minimum atomic E-state index is -0.399. The van der Waals surface area contributed by atoms with Gasteiger partial charge >= 0.3 is 5.76 Å². The number of benzene rings is 1. The largest absolute Gasteiger partial charge is 0.420 e. The van der Waals surface area contributed by atoms with E-state index in [4.69, 9.17) is 4.42 Å². The third kappa shape index (κ3) is 2.81. The van der Waals surface area contributed by atoms with Crippen LogP contribution in [0.4, 0.5) is 0 Å². The Morgan fingerprint density at radius 1 is 1.35 bits per heavy atom. The van der Waals surface area contributed by atoms with Crippen LogP contribution in [0.3, 0.4) is 0 Å². The van der Waals surface area contributed by atoms with E-state index in [-0.39, 0.29) is 17.9 Å². The van der Waals surface area contributed by atoms with Crippen LogP contribution in [0.5, 0.6) is 0 Å². The molecule has 0 atom stereocenters. The zero-order valence-electron chi connectivity index (χ0n) is 15.0. The van der Waals surface area contributed by atoms with Gasteiger partial charge in [0.05, 0.1) is 12.1 Å². The van der Waals surface area contributed by atoms with Crippen LogP contribution in [-0.2, 0) is 18.4 Å². The van der Waals surface area contributed by atoms with Crippen molar-refractivity contribution in [3.8, 4) is 0 Å². The van der Waals surface area contributed by atoms with Gasteiger partial charge in [-0.1, -0.05) is 6.07 Å². The van der Waals surface area contributed by atoms with E-state index in [0.717, 1.165) is 29.7 Å². The fourth-order valence-corrected chi connectivity index (χ4v) is 3.57. The molecule has 1 amide bonds. The molecule has 0 aliphatic heterocycles. The van der Waals surface area contributed by atoms with E-state index in [9.17, 15) is 9.59 Å². The maximum atomic E-state index is 12.2. The molecule has 2 heterocycles. The number of fused-ring (bicyclic) bond motifs is 1. The second-order valence-electron chi connectivity index (χ2n) is 7.02. The molecule has 136 valence electrons. The van der Waals surface area contributed by atoms with Crippen LogP contribution in [0.2, 0.25) is 0 Å². The first-order chi connectivity index (χ1) is 12.4. The standard InChI is InChI=1S/C18H21N5O3/c1-10-4-5-15-14(6-10)23(18(25)26-15)9-16-20-21-17(22(16)3)12-7-13(8-12)19-11(2)24/h4-6,12-13H,7-9H2,1-3H3,(H,19,24). The summed E-state index contributed by atoms with van der Waals surface area (Å²) in [5.41, 5.74) is 2.39. The van der Waals surface area contributed by atoms with E-state index in [1.165, 1.54) is 6.92 Å². The summed E-state index contributed by atoms with van der Waals surface area (Å²) in [6.07, 6.45) is 1.72. The molecule has 0 spiro atoms. The molecule has 2 aromatic heterocycles. The Kier molecular flexibility index (Phi) is 3.90. The van der Waals surface area contributed by atoms with Gasteiger partial charge in [-0.25, -0.2) is 4.79 Å². The first kappa shape index (κ1) is 16.6. The number of carbonyl (C=O) groups is 1. The van der Waals surface area contributed by atoms with Crippen LogP contribution in [-0.4, -0.2) is 31.3 Å². The maximum absolute atomic E-state index is 12.2. The molecule has 26 heavy (non-hydrogen) atoms. The number of hydrogen-bond acceptors (Lipinski definition) is 5. The third-order valence-corrected chi connectivity index (χ3v) is 5.03. The lowest BCUT2D eigenvalue weighted by atomic mass is 9.79. The van der Waals surface area contributed by atoms with Gasteiger partial charge in [-0.15, -0.1) is 10.2 Å². The monoisotopic (exact) mass is 355 g/mol. The summed E-state index contributed by atoms with van der Waals surface area (Å²) in [5, 5.41) is 11.5. The number of hydrogen-bond donors (Lipinski definition) is 1. The summed E-state index contributed by atoms with van der Waals surface area (Å²) in [5.74, 6) is 1.46. The van der Waals surface area contributed by atoms with Gasteiger partial charge in [-0.05, 0) is 37.5 Å². The number of nitrogens with one attached hydrogen (secondary N) is 1. The molecule has 3 aromatic rings. The molecule has 8 heteroatoms. The molecule has 4 rings (SSSR count). The lowest BCUT2D eigenvalue weighted by Crippen LogP contribution is -2.43. The lowest BCUT2D eigenvalue weighted by molar-refractivity contribution is -0.120. The van der Waals surface area contributed by atoms with E-state index in [1.54, 1.807) is 10.6 Å². The highest BCUT2D eigenvalue weighted by atomic mass is 16.4. The molecule has 1 fully saturated rings. The number of nitrogens with zero attached hydrogens (tertiary/aromatic N) is 4. The SMILES string of the molecule is CC(=O)NC1CC(c2nnc(Cn3c(=O)oc4ccc(C)cc43)n2C)C1. The van der Waals surface area contributed by atoms with Crippen molar-refractivity contribution in [2.24, 2.45) is 7.05 Å². The molecular formula is C18H21N5O3. The van der Waals surface area contributed by atoms with E-state index in [1.807, 2.05) is 30.7 Å². The van der Waals surface area contributed by atoms with Gasteiger partial charge in [-0.3, -0.25) is 9.36 Å². The zero-order chi connectivity index (χ0) is 18.4. The van der Waals surface area contributed by atoms with Crippen molar-refractivity contribution in [3.05, 3.63) is 46.0 Å². The molecule has 1 N–H and O–H groups in total. The molecular weight excluding hydrogens is 334 g/mol. The quantitative estimate of drug-likeness (QED) is 0.764. The van der Waals surface area contributed by atoms with Crippen molar-refractivity contribution in [3.63, 3.8) is 0 Å². The van der Waals surface area contributed by atoms with Crippen molar-refractivity contribution >= 4 is 17.0 Å². The van der Waals surface area contributed by atoms with Crippen LogP contribution >= 0.6 is 0 Å².